The lowest BCUT2D eigenvalue weighted by Gasteiger charge is -2.36. The predicted molar refractivity (Wildman–Crippen MR) is 163 cm³/mol. The SMILES string of the molecule is C=Cc1cccc(C(C(=O)Nc2ccccc2C)N(CCCCCC)C(=O)C(NC(=O)OC(C)(C)C)C(C)C)c1. The second kappa shape index (κ2) is 15.2. The monoisotopic (exact) mass is 549 g/mol. The lowest BCUT2D eigenvalue weighted by Crippen LogP contribution is -2.54. The molecule has 0 bridgehead atoms. The van der Waals surface area contributed by atoms with Crippen molar-refractivity contribution in [2.75, 3.05) is 11.9 Å². The molecular weight excluding hydrogens is 502 g/mol. The van der Waals surface area contributed by atoms with Gasteiger partial charge in [0.05, 0.1) is 0 Å². The molecule has 2 atom stereocenters. The van der Waals surface area contributed by atoms with Crippen LogP contribution in [0.15, 0.2) is 55.1 Å². The van der Waals surface area contributed by atoms with Gasteiger partial charge in [-0.05, 0) is 68.9 Å². The van der Waals surface area contributed by atoms with Crippen LogP contribution in [0.2, 0.25) is 0 Å². The molecule has 2 rings (SSSR count). The molecule has 3 amide bonds. The van der Waals surface area contributed by atoms with Gasteiger partial charge in [0.1, 0.15) is 17.7 Å². The molecule has 0 fully saturated rings. The molecule has 2 unspecified atom stereocenters. The second-order valence-electron chi connectivity index (χ2n) is 11.5. The van der Waals surface area contributed by atoms with E-state index in [1.54, 1.807) is 31.7 Å². The minimum atomic E-state index is -0.921. The molecule has 0 saturated heterocycles. The number of alkyl carbamates (subject to hydrolysis) is 1. The number of ether oxygens (including phenoxy) is 1. The van der Waals surface area contributed by atoms with Gasteiger partial charge in [-0.3, -0.25) is 9.59 Å². The zero-order chi connectivity index (χ0) is 29.9. The highest BCUT2D eigenvalue weighted by atomic mass is 16.6. The second-order valence-corrected chi connectivity index (χ2v) is 11.5. The molecule has 0 aliphatic rings. The summed E-state index contributed by atoms with van der Waals surface area (Å²) in [6.07, 6.45) is 4.77. The third kappa shape index (κ3) is 9.85. The molecular formula is C33H47N3O4. The van der Waals surface area contributed by atoms with Crippen LogP contribution in [-0.4, -0.2) is 41.0 Å². The fraction of sp³-hybridized carbons (Fsp3) is 0.485. The summed E-state index contributed by atoms with van der Waals surface area (Å²) < 4.78 is 5.47. The first-order valence-corrected chi connectivity index (χ1v) is 14.3. The first-order valence-electron chi connectivity index (χ1n) is 14.3. The van der Waals surface area contributed by atoms with Crippen LogP contribution in [0.25, 0.3) is 6.08 Å². The van der Waals surface area contributed by atoms with Crippen molar-refractivity contribution in [2.24, 2.45) is 5.92 Å². The summed E-state index contributed by atoms with van der Waals surface area (Å²) in [5, 5.41) is 5.83. The van der Waals surface area contributed by atoms with E-state index in [-0.39, 0.29) is 17.7 Å². The number of para-hydroxylation sites is 1. The number of unbranched alkanes of at least 4 members (excludes halogenated alkanes) is 3. The molecule has 2 aromatic rings. The maximum atomic E-state index is 14.3. The average molecular weight is 550 g/mol. The van der Waals surface area contributed by atoms with Gasteiger partial charge < -0.3 is 20.3 Å². The third-order valence-corrected chi connectivity index (χ3v) is 6.57. The van der Waals surface area contributed by atoms with Gasteiger partial charge >= 0.3 is 6.09 Å². The molecule has 7 nitrogen and oxygen atoms in total. The highest BCUT2D eigenvalue weighted by Crippen LogP contribution is 2.28. The van der Waals surface area contributed by atoms with E-state index in [1.807, 2.05) is 69.3 Å². The van der Waals surface area contributed by atoms with Crippen LogP contribution in [0.3, 0.4) is 0 Å². The number of aryl methyl sites for hydroxylation is 1. The van der Waals surface area contributed by atoms with Crippen LogP contribution in [0.4, 0.5) is 10.5 Å². The molecule has 7 heteroatoms. The smallest absolute Gasteiger partial charge is 0.408 e. The minimum absolute atomic E-state index is 0.238. The van der Waals surface area contributed by atoms with E-state index in [0.717, 1.165) is 36.8 Å². The first-order chi connectivity index (χ1) is 18.9. The Labute approximate surface area is 240 Å². The van der Waals surface area contributed by atoms with E-state index in [1.165, 1.54) is 0 Å². The fourth-order valence-electron chi connectivity index (χ4n) is 4.45. The molecule has 0 saturated carbocycles. The van der Waals surface area contributed by atoms with Gasteiger partial charge in [-0.1, -0.05) is 89.1 Å². The van der Waals surface area contributed by atoms with E-state index < -0.39 is 23.8 Å². The average Bonchev–Trinajstić information content (AvgIpc) is 2.88. The number of carbonyl (C=O) groups excluding carboxylic acids is 3. The normalized spacial score (nSPS) is 12.8. The van der Waals surface area contributed by atoms with E-state index in [0.29, 0.717) is 17.8 Å². The summed E-state index contributed by atoms with van der Waals surface area (Å²) in [5.74, 6) is -0.886. The van der Waals surface area contributed by atoms with Gasteiger partial charge in [0.15, 0.2) is 0 Å². The topological polar surface area (TPSA) is 87.7 Å². The highest BCUT2D eigenvalue weighted by molar-refractivity contribution is 5.99. The van der Waals surface area contributed by atoms with Crippen molar-refractivity contribution in [3.63, 3.8) is 0 Å². The Bertz CT molecular complexity index is 1150. The zero-order valence-electron chi connectivity index (χ0n) is 25.3. The Hall–Kier alpha value is -3.61. The predicted octanol–water partition coefficient (Wildman–Crippen LogP) is 7.28. The van der Waals surface area contributed by atoms with Gasteiger partial charge in [-0.15, -0.1) is 0 Å². The molecule has 2 N–H and O–H groups in total. The Balaban J connectivity index is 2.57. The Morgan fingerprint density at radius 1 is 1.02 bits per heavy atom. The van der Waals surface area contributed by atoms with Gasteiger partial charge in [0.25, 0.3) is 5.91 Å². The third-order valence-electron chi connectivity index (χ3n) is 6.57. The van der Waals surface area contributed by atoms with Crippen LogP contribution >= 0.6 is 0 Å². The van der Waals surface area contributed by atoms with Crippen LogP contribution in [0.1, 0.15) is 90.0 Å². The van der Waals surface area contributed by atoms with Crippen molar-refractivity contribution >= 4 is 29.7 Å². The molecule has 2 aromatic carbocycles. The standard InChI is InChI=1S/C33H47N3O4/c1-9-11-12-15-21-36(31(38)28(23(3)4)35-32(39)40-33(6,7)8)29(26-19-16-18-25(10-2)22-26)30(37)34-27-20-14-13-17-24(27)5/h10,13-14,16-20,22-23,28-29H,2,9,11-12,15,21H2,1,3-8H3,(H,34,37)(H,35,39). The number of hydrogen-bond acceptors (Lipinski definition) is 4. The van der Waals surface area contributed by atoms with Crippen molar-refractivity contribution in [1.82, 2.24) is 10.2 Å². The lowest BCUT2D eigenvalue weighted by atomic mass is 9.97. The van der Waals surface area contributed by atoms with Crippen molar-refractivity contribution in [2.45, 2.75) is 91.8 Å². The number of amides is 3. The molecule has 218 valence electrons. The Kier molecular flexibility index (Phi) is 12.4. The quantitative estimate of drug-likeness (QED) is 0.257. The van der Waals surface area contributed by atoms with E-state index in [9.17, 15) is 14.4 Å². The highest BCUT2D eigenvalue weighted by Gasteiger charge is 2.37. The van der Waals surface area contributed by atoms with Gasteiger partial charge in [0, 0.05) is 12.2 Å². The van der Waals surface area contributed by atoms with Gasteiger partial charge in [-0.25, -0.2) is 4.79 Å². The van der Waals surface area contributed by atoms with Gasteiger partial charge in [-0.2, -0.15) is 0 Å². The van der Waals surface area contributed by atoms with E-state index >= 15 is 0 Å². The van der Waals surface area contributed by atoms with Gasteiger partial charge in [0.2, 0.25) is 5.91 Å². The zero-order valence-corrected chi connectivity index (χ0v) is 25.3. The summed E-state index contributed by atoms with van der Waals surface area (Å²) in [5.41, 5.74) is 2.41. The molecule has 0 aromatic heterocycles. The Morgan fingerprint density at radius 2 is 1.73 bits per heavy atom. The number of rotatable bonds is 13. The number of anilines is 1. The number of benzene rings is 2. The number of nitrogens with one attached hydrogen (secondary N) is 2. The summed E-state index contributed by atoms with van der Waals surface area (Å²) in [4.78, 5) is 42.7. The van der Waals surface area contributed by atoms with Crippen molar-refractivity contribution in [3.05, 3.63) is 71.8 Å². The minimum Gasteiger partial charge on any atom is -0.444 e. The molecule has 0 radical (unpaired) electrons. The fourth-order valence-corrected chi connectivity index (χ4v) is 4.45. The maximum absolute atomic E-state index is 14.3. The summed E-state index contributed by atoms with van der Waals surface area (Å²) in [6.45, 7) is 17.4. The summed E-state index contributed by atoms with van der Waals surface area (Å²) in [6, 6.07) is 13.3. The molecule has 0 spiro atoms. The largest absolute Gasteiger partial charge is 0.444 e. The molecule has 0 aliphatic heterocycles. The Morgan fingerprint density at radius 3 is 2.33 bits per heavy atom. The van der Waals surface area contributed by atoms with Crippen LogP contribution in [0, 0.1) is 12.8 Å². The van der Waals surface area contributed by atoms with Crippen LogP contribution in [-0.2, 0) is 14.3 Å². The van der Waals surface area contributed by atoms with E-state index in [4.69, 9.17) is 4.74 Å². The summed E-state index contributed by atoms with van der Waals surface area (Å²) >= 11 is 0. The number of carbonyl (C=O) groups is 3. The maximum Gasteiger partial charge on any atom is 0.408 e. The van der Waals surface area contributed by atoms with E-state index in [2.05, 4.69) is 24.1 Å². The molecule has 40 heavy (non-hydrogen) atoms. The molecule has 0 aliphatic carbocycles. The first kappa shape index (κ1) is 32.6. The van der Waals surface area contributed by atoms with Crippen molar-refractivity contribution in [3.8, 4) is 0 Å². The summed E-state index contributed by atoms with van der Waals surface area (Å²) in [7, 11) is 0. The molecule has 0 heterocycles. The van der Waals surface area contributed by atoms with Crippen molar-refractivity contribution in [1.29, 1.82) is 0 Å². The number of hydrogen-bond donors (Lipinski definition) is 2. The van der Waals surface area contributed by atoms with Crippen LogP contribution < -0.4 is 10.6 Å². The lowest BCUT2D eigenvalue weighted by molar-refractivity contribution is -0.141. The van der Waals surface area contributed by atoms with Crippen molar-refractivity contribution < 1.29 is 19.1 Å². The van der Waals surface area contributed by atoms with Crippen LogP contribution in [0.5, 0.6) is 0 Å². The number of nitrogens with zero attached hydrogens (tertiary/aromatic N) is 1.